The van der Waals surface area contributed by atoms with Crippen molar-refractivity contribution in [3.8, 4) is 5.75 Å². The maximum atomic E-state index is 13.2. The van der Waals surface area contributed by atoms with Gasteiger partial charge in [-0.2, -0.15) is 0 Å². The van der Waals surface area contributed by atoms with Crippen molar-refractivity contribution in [3.05, 3.63) is 66.4 Å². The van der Waals surface area contributed by atoms with Crippen LogP contribution in [0, 0.1) is 5.92 Å². The van der Waals surface area contributed by atoms with Crippen LogP contribution in [0.5, 0.6) is 5.75 Å². The predicted molar refractivity (Wildman–Crippen MR) is 122 cm³/mol. The second-order valence-corrected chi connectivity index (χ2v) is 8.71. The number of ether oxygens (including phenoxy) is 1. The first kappa shape index (κ1) is 21.4. The Morgan fingerprint density at radius 1 is 1.19 bits per heavy atom. The fraction of sp³-hybridized carbons (Fsp3) is 0.400. The average molecular weight is 422 g/mol. The van der Waals surface area contributed by atoms with Gasteiger partial charge in [0.25, 0.3) is 0 Å². The van der Waals surface area contributed by atoms with Gasteiger partial charge in [0.05, 0.1) is 12.7 Å². The molecule has 164 valence electrons. The molecule has 2 unspecified atom stereocenters. The summed E-state index contributed by atoms with van der Waals surface area (Å²) in [5, 5.41) is 12.9. The Morgan fingerprint density at radius 2 is 2.00 bits per heavy atom. The standard InChI is InChI=1S/C25H31N3O3/c1-26(2)16-21-17-28(14-12-25(21,30)20-8-6-9-22(15-20)31-3)24(29)18-27-13-11-19-7-4-5-10-23(19)27/h4-11,13,15,21,30H,12,14,16-18H2,1-3H3. The van der Waals surface area contributed by atoms with Crippen molar-refractivity contribution < 1.29 is 14.6 Å². The first-order valence-corrected chi connectivity index (χ1v) is 10.7. The van der Waals surface area contributed by atoms with Gasteiger partial charge in [-0.25, -0.2) is 0 Å². The van der Waals surface area contributed by atoms with E-state index >= 15 is 0 Å². The highest BCUT2D eigenvalue weighted by molar-refractivity contribution is 5.83. The number of likely N-dealkylation sites (tertiary alicyclic amines) is 1. The lowest BCUT2D eigenvalue weighted by Crippen LogP contribution is -2.55. The van der Waals surface area contributed by atoms with Crippen LogP contribution in [-0.2, 0) is 16.9 Å². The second-order valence-electron chi connectivity index (χ2n) is 8.71. The van der Waals surface area contributed by atoms with Crippen molar-refractivity contribution in [2.75, 3.05) is 40.8 Å². The Labute approximate surface area is 183 Å². The number of para-hydroxylation sites is 1. The summed E-state index contributed by atoms with van der Waals surface area (Å²) in [6, 6.07) is 17.8. The van der Waals surface area contributed by atoms with Crippen LogP contribution in [0.25, 0.3) is 10.9 Å². The molecule has 0 bridgehead atoms. The first-order valence-electron chi connectivity index (χ1n) is 10.7. The molecule has 0 saturated carbocycles. The molecule has 2 heterocycles. The third-order valence-electron chi connectivity index (χ3n) is 6.37. The maximum absolute atomic E-state index is 13.2. The molecular weight excluding hydrogens is 390 g/mol. The zero-order valence-electron chi connectivity index (χ0n) is 18.5. The Balaban J connectivity index is 1.55. The minimum Gasteiger partial charge on any atom is -0.497 e. The fourth-order valence-corrected chi connectivity index (χ4v) is 4.69. The van der Waals surface area contributed by atoms with Gasteiger partial charge in [0.2, 0.25) is 5.91 Å². The molecule has 0 radical (unpaired) electrons. The van der Waals surface area contributed by atoms with Gasteiger partial charge in [-0.05, 0) is 55.7 Å². The SMILES string of the molecule is COc1cccc(C2(O)CCN(C(=O)Cn3ccc4ccccc43)CC2CN(C)C)c1. The number of methoxy groups -OCH3 is 1. The minimum absolute atomic E-state index is 0.0813. The molecule has 1 aliphatic heterocycles. The monoisotopic (exact) mass is 421 g/mol. The molecule has 1 amide bonds. The maximum Gasteiger partial charge on any atom is 0.242 e. The molecule has 0 spiro atoms. The Morgan fingerprint density at radius 3 is 2.77 bits per heavy atom. The number of hydrogen-bond donors (Lipinski definition) is 1. The lowest BCUT2D eigenvalue weighted by Gasteiger charge is -2.46. The Bertz CT molecular complexity index is 1060. The number of fused-ring (bicyclic) bond motifs is 1. The highest BCUT2D eigenvalue weighted by atomic mass is 16.5. The molecule has 2 aromatic carbocycles. The first-order chi connectivity index (χ1) is 14.9. The smallest absolute Gasteiger partial charge is 0.242 e. The summed E-state index contributed by atoms with van der Waals surface area (Å²) in [5.74, 6) is 0.707. The van der Waals surface area contributed by atoms with Gasteiger partial charge < -0.3 is 24.2 Å². The van der Waals surface area contributed by atoms with Gasteiger partial charge in [0.1, 0.15) is 12.3 Å². The normalized spacial score (nSPS) is 21.6. The van der Waals surface area contributed by atoms with Gasteiger partial charge in [0, 0.05) is 37.3 Å². The van der Waals surface area contributed by atoms with E-state index in [1.165, 1.54) is 0 Å². The second kappa shape index (κ2) is 8.73. The highest BCUT2D eigenvalue weighted by Gasteiger charge is 2.44. The van der Waals surface area contributed by atoms with Crippen molar-refractivity contribution in [2.45, 2.75) is 18.6 Å². The topological polar surface area (TPSA) is 57.9 Å². The van der Waals surface area contributed by atoms with Crippen LogP contribution in [0.1, 0.15) is 12.0 Å². The summed E-state index contributed by atoms with van der Waals surface area (Å²) in [7, 11) is 5.63. The van der Waals surface area contributed by atoms with E-state index in [1.807, 2.05) is 78.3 Å². The molecule has 6 heteroatoms. The number of amides is 1. The molecular formula is C25H31N3O3. The van der Waals surface area contributed by atoms with Crippen molar-refractivity contribution in [1.29, 1.82) is 0 Å². The predicted octanol–water partition coefficient (Wildman–Crippen LogP) is 2.95. The summed E-state index contributed by atoms with van der Waals surface area (Å²) in [4.78, 5) is 17.2. The number of rotatable bonds is 6. The van der Waals surface area contributed by atoms with E-state index < -0.39 is 5.60 Å². The van der Waals surface area contributed by atoms with Crippen LogP contribution in [0.15, 0.2) is 60.8 Å². The van der Waals surface area contributed by atoms with E-state index in [4.69, 9.17) is 4.74 Å². The highest BCUT2D eigenvalue weighted by Crippen LogP contribution is 2.39. The van der Waals surface area contributed by atoms with Crippen molar-refractivity contribution in [1.82, 2.24) is 14.4 Å². The molecule has 1 fully saturated rings. The van der Waals surface area contributed by atoms with E-state index in [-0.39, 0.29) is 11.8 Å². The number of aromatic nitrogens is 1. The number of carbonyl (C=O) groups is 1. The number of nitrogens with zero attached hydrogens (tertiary/aromatic N) is 3. The number of hydrogen-bond acceptors (Lipinski definition) is 4. The van der Waals surface area contributed by atoms with E-state index in [9.17, 15) is 9.90 Å². The average Bonchev–Trinajstić information content (AvgIpc) is 3.18. The molecule has 0 aliphatic carbocycles. The van der Waals surface area contributed by atoms with E-state index in [2.05, 4.69) is 11.0 Å². The van der Waals surface area contributed by atoms with Crippen LogP contribution in [0.2, 0.25) is 0 Å². The molecule has 3 aromatic rings. The summed E-state index contributed by atoms with van der Waals surface area (Å²) in [6.07, 6.45) is 2.47. The quantitative estimate of drug-likeness (QED) is 0.665. The third-order valence-corrected chi connectivity index (χ3v) is 6.37. The lowest BCUT2D eigenvalue weighted by atomic mass is 9.75. The Kier molecular flexibility index (Phi) is 6.03. The van der Waals surface area contributed by atoms with E-state index in [0.29, 0.717) is 32.6 Å². The number of piperidine rings is 1. The van der Waals surface area contributed by atoms with Crippen LogP contribution < -0.4 is 4.74 Å². The zero-order valence-corrected chi connectivity index (χ0v) is 18.5. The summed E-state index contributed by atoms with van der Waals surface area (Å²) in [6.45, 7) is 2.03. The summed E-state index contributed by atoms with van der Waals surface area (Å²) in [5.41, 5.74) is 0.906. The van der Waals surface area contributed by atoms with Crippen LogP contribution in [0.4, 0.5) is 0 Å². The van der Waals surface area contributed by atoms with Gasteiger partial charge in [-0.1, -0.05) is 30.3 Å². The minimum atomic E-state index is -1.00. The molecule has 31 heavy (non-hydrogen) atoms. The molecule has 4 rings (SSSR count). The largest absolute Gasteiger partial charge is 0.497 e. The van der Waals surface area contributed by atoms with Crippen molar-refractivity contribution in [2.24, 2.45) is 5.92 Å². The van der Waals surface area contributed by atoms with Crippen molar-refractivity contribution >= 4 is 16.8 Å². The van der Waals surface area contributed by atoms with E-state index in [1.54, 1.807) is 7.11 Å². The van der Waals surface area contributed by atoms with Crippen molar-refractivity contribution in [3.63, 3.8) is 0 Å². The van der Waals surface area contributed by atoms with Gasteiger partial charge in [0.15, 0.2) is 0 Å². The lowest BCUT2D eigenvalue weighted by molar-refractivity contribution is -0.142. The molecule has 1 N–H and O–H groups in total. The third kappa shape index (κ3) is 4.31. The Hall–Kier alpha value is -2.83. The fourth-order valence-electron chi connectivity index (χ4n) is 4.69. The van der Waals surface area contributed by atoms with Crippen LogP contribution in [-0.4, -0.2) is 66.2 Å². The number of aliphatic hydroxyl groups is 1. The van der Waals surface area contributed by atoms with Gasteiger partial charge >= 0.3 is 0 Å². The molecule has 1 aliphatic rings. The van der Waals surface area contributed by atoms with Gasteiger partial charge in [-0.15, -0.1) is 0 Å². The molecule has 1 aromatic heterocycles. The molecule has 1 saturated heterocycles. The van der Waals surface area contributed by atoms with E-state index in [0.717, 1.165) is 22.2 Å². The van der Waals surface area contributed by atoms with Crippen LogP contribution >= 0.6 is 0 Å². The number of carbonyl (C=O) groups excluding carboxylic acids is 1. The zero-order chi connectivity index (χ0) is 22.0. The number of benzene rings is 2. The van der Waals surface area contributed by atoms with Crippen LogP contribution in [0.3, 0.4) is 0 Å². The molecule has 2 atom stereocenters. The summed E-state index contributed by atoms with van der Waals surface area (Å²) < 4.78 is 7.37. The molecule has 6 nitrogen and oxygen atoms in total. The summed E-state index contributed by atoms with van der Waals surface area (Å²) >= 11 is 0. The van der Waals surface area contributed by atoms with Gasteiger partial charge in [-0.3, -0.25) is 4.79 Å².